The van der Waals surface area contributed by atoms with Gasteiger partial charge in [-0.25, -0.2) is 0 Å². The molecule has 15 heavy (non-hydrogen) atoms. The molecule has 1 aliphatic rings. The second-order valence-electron chi connectivity index (χ2n) is 4.07. The van der Waals surface area contributed by atoms with Crippen LogP contribution in [-0.2, 0) is 4.74 Å². The third-order valence-electron chi connectivity index (χ3n) is 2.75. The third kappa shape index (κ3) is 4.38. The molecule has 0 aromatic rings. The maximum absolute atomic E-state index is 12.1. The van der Waals surface area contributed by atoms with Gasteiger partial charge in [-0.15, -0.1) is 0 Å². The Bertz CT molecular complexity index is 188. The van der Waals surface area contributed by atoms with Crippen molar-refractivity contribution in [3.8, 4) is 0 Å². The van der Waals surface area contributed by atoms with Crippen molar-refractivity contribution >= 4 is 0 Å². The maximum Gasteiger partial charge on any atom is 0.411 e. The fourth-order valence-electron chi connectivity index (χ4n) is 1.98. The van der Waals surface area contributed by atoms with Crippen molar-refractivity contribution in [2.45, 2.75) is 44.4 Å². The Labute approximate surface area is 88.2 Å². The predicted molar refractivity (Wildman–Crippen MR) is 51.7 cm³/mol. The average molecular weight is 225 g/mol. The Morgan fingerprint density at radius 2 is 1.87 bits per heavy atom. The minimum Gasteiger partial charge on any atom is -0.364 e. The van der Waals surface area contributed by atoms with Crippen LogP contribution in [0.4, 0.5) is 13.2 Å². The van der Waals surface area contributed by atoms with E-state index < -0.39 is 18.4 Å². The summed E-state index contributed by atoms with van der Waals surface area (Å²) in [5.74, 6) is 0. The van der Waals surface area contributed by atoms with Gasteiger partial charge in [0.2, 0.25) is 0 Å². The molecule has 2 nitrogen and oxygen atoms in total. The molecule has 0 atom stereocenters. The summed E-state index contributed by atoms with van der Waals surface area (Å²) in [7, 11) is 0. The molecule has 0 radical (unpaired) electrons. The van der Waals surface area contributed by atoms with Crippen LogP contribution in [0.2, 0.25) is 0 Å². The van der Waals surface area contributed by atoms with E-state index in [1.54, 1.807) is 0 Å². The predicted octanol–water partition coefficient (Wildman–Crippen LogP) is 2.49. The van der Waals surface area contributed by atoms with Gasteiger partial charge in [-0.3, -0.25) is 0 Å². The molecule has 0 heterocycles. The van der Waals surface area contributed by atoms with E-state index in [0.29, 0.717) is 6.54 Å². The van der Waals surface area contributed by atoms with Crippen molar-refractivity contribution in [1.82, 2.24) is 5.32 Å². The second kappa shape index (κ2) is 5.16. The highest BCUT2D eigenvalue weighted by atomic mass is 19.4. The van der Waals surface area contributed by atoms with Crippen molar-refractivity contribution in [1.29, 1.82) is 0 Å². The van der Waals surface area contributed by atoms with Gasteiger partial charge in [0.15, 0.2) is 0 Å². The molecule has 0 amide bonds. The summed E-state index contributed by atoms with van der Waals surface area (Å²) >= 11 is 0. The number of likely N-dealkylation sites (N-methyl/N-ethyl adjacent to an activating group) is 1. The first kappa shape index (κ1) is 12.8. The van der Waals surface area contributed by atoms with Crippen molar-refractivity contribution in [2.24, 2.45) is 0 Å². The molecule has 1 N–H and O–H groups in total. The van der Waals surface area contributed by atoms with Gasteiger partial charge in [-0.1, -0.05) is 19.8 Å². The fraction of sp³-hybridized carbons (Fsp3) is 1.00. The van der Waals surface area contributed by atoms with Gasteiger partial charge < -0.3 is 10.1 Å². The Morgan fingerprint density at radius 3 is 2.33 bits per heavy atom. The largest absolute Gasteiger partial charge is 0.411 e. The Hall–Kier alpha value is -0.290. The first-order valence-corrected chi connectivity index (χ1v) is 5.39. The average Bonchev–Trinajstić information content (AvgIpc) is 2.60. The van der Waals surface area contributed by atoms with Crippen molar-refractivity contribution in [3.05, 3.63) is 0 Å². The zero-order valence-corrected chi connectivity index (χ0v) is 8.99. The van der Waals surface area contributed by atoms with Gasteiger partial charge in [0.05, 0.1) is 5.60 Å². The number of hydrogen-bond donors (Lipinski definition) is 1. The summed E-state index contributed by atoms with van der Waals surface area (Å²) in [6, 6.07) is 0. The van der Waals surface area contributed by atoms with Gasteiger partial charge in [0.1, 0.15) is 6.61 Å². The van der Waals surface area contributed by atoms with Crippen molar-refractivity contribution < 1.29 is 17.9 Å². The zero-order valence-electron chi connectivity index (χ0n) is 8.99. The third-order valence-corrected chi connectivity index (χ3v) is 2.75. The highest BCUT2D eigenvalue weighted by Gasteiger charge is 2.38. The lowest BCUT2D eigenvalue weighted by atomic mass is 10.0. The molecule has 1 aliphatic carbocycles. The molecule has 0 spiro atoms. The Morgan fingerprint density at radius 1 is 1.27 bits per heavy atom. The molecule has 90 valence electrons. The maximum atomic E-state index is 12.1. The van der Waals surface area contributed by atoms with Crippen molar-refractivity contribution in [3.63, 3.8) is 0 Å². The van der Waals surface area contributed by atoms with Gasteiger partial charge in [-0.2, -0.15) is 13.2 Å². The van der Waals surface area contributed by atoms with Crippen LogP contribution >= 0.6 is 0 Å². The lowest BCUT2D eigenvalue weighted by molar-refractivity contribution is -0.203. The van der Waals surface area contributed by atoms with Crippen LogP contribution in [0, 0.1) is 0 Å². The van der Waals surface area contributed by atoms with E-state index in [-0.39, 0.29) is 0 Å². The first-order valence-electron chi connectivity index (χ1n) is 5.39. The van der Waals surface area contributed by atoms with Crippen LogP contribution < -0.4 is 5.32 Å². The molecule has 5 heteroatoms. The molecular formula is C10H18F3NO. The molecule has 1 rings (SSSR count). The summed E-state index contributed by atoms with van der Waals surface area (Å²) < 4.78 is 41.2. The molecule has 0 aromatic carbocycles. The van der Waals surface area contributed by atoms with Crippen LogP contribution in [0.25, 0.3) is 0 Å². The van der Waals surface area contributed by atoms with Crippen LogP contribution in [0.1, 0.15) is 32.6 Å². The molecule has 0 unspecified atom stereocenters. The summed E-state index contributed by atoms with van der Waals surface area (Å²) in [6.07, 6.45) is -0.833. The summed E-state index contributed by atoms with van der Waals surface area (Å²) in [5, 5.41) is 3.07. The van der Waals surface area contributed by atoms with Gasteiger partial charge in [-0.05, 0) is 19.4 Å². The van der Waals surface area contributed by atoms with E-state index in [0.717, 1.165) is 32.2 Å². The minimum absolute atomic E-state index is 0.527. The minimum atomic E-state index is -4.22. The molecular weight excluding hydrogens is 207 g/mol. The zero-order chi connectivity index (χ0) is 11.4. The molecule has 0 saturated heterocycles. The van der Waals surface area contributed by atoms with Gasteiger partial charge in [0, 0.05) is 6.54 Å². The summed E-state index contributed by atoms with van der Waals surface area (Å²) in [5.41, 5.74) is -0.578. The van der Waals surface area contributed by atoms with E-state index >= 15 is 0 Å². The lowest BCUT2D eigenvalue weighted by Crippen LogP contribution is -2.42. The van der Waals surface area contributed by atoms with E-state index in [2.05, 4.69) is 5.32 Å². The summed E-state index contributed by atoms with van der Waals surface area (Å²) in [4.78, 5) is 0. The SMILES string of the molecule is CCNCC1(OCC(F)(F)F)CCCC1. The van der Waals surface area contributed by atoms with Gasteiger partial charge in [0.25, 0.3) is 0 Å². The number of nitrogens with one attached hydrogen (secondary N) is 1. The molecule has 1 saturated carbocycles. The number of hydrogen-bond acceptors (Lipinski definition) is 2. The fourth-order valence-corrected chi connectivity index (χ4v) is 1.98. The number of halogens is 3. The van der Waals surface area contributed by atoms with E-state index in [1.807, 2.05) is 6.92 Å². The number of rotatable bonds is 5. The highest BCUT2D eigenvalue weighted by Crippen LogP contribution is 2.34. The molecule has 0 bridgehead atoms. The highest BCUT2D eigenvalue weighted by molar-refractivity contribution is 4.88. The van der Waals surface area contributed by atoms with Gasteiger partial charge >= 0.3 is 6.18 Å². The molecule has 0 aliphatic heterocycles. The molecule has 1 fully saturated rings. The van der Waals surface area contributed by atoms with Crippen LogP contribution in [-0.4, -0.2) is 31.5 Å². The van der Waals surface area contributed by atoms with E-state index in [4.69, 9.17) is 4.74 Å². The smallest absolute Gasteiger partial charge is 0.364 e. The van der Waals surface area contributed by atoms with Crippen LogP contribution in [0.15, 0.2) is 0 Å². The number of ether oxygens (including phenoxy) is 1. The Kier molecular flexibility index (Phi) is 4.40. The van der Waals surface area contributed by atoms with E-state index in [9.17, 15) is 13.2 Å². The van der Waals surface area contributed by atoms with Crippen LogP contribution in [0.3, 0.4) is 0 Å². The number of alkyl halides is 3. The van der Waals surface area contributed by atoms with Crippen LogP contribution in [0.5, 0.6) is 0 Å². The normalized spacial score (nSPS) is 20.8. The Balaban J connectivity index is 2.42. The lowest BCUT2D eigenvalue weighted by Gasteiger charge is -2.30. The molecule has 0 aromatic heterocycles. The monoisotopic (exact) mass is 225 g/mol. The second-order valence-corrected chi connectivity index (χ2v) is 4.07. The van der Waals surface area contributed by atoms with Crippen molar-refractivity contribution in [2.75, 3.05) is 19.7 Å². The topological polar surface area (TPSA) is 21.3 Å². The summed E-state index contributed by atoms with van der Waals surface area (Å²) in [6.45, 7) is 2.10. The standard InChI is InChI=1S/C10H18F3NO/c1-2-14-7-9(5-3-4-6-9)15-8-10(11,12)13/h14H,2-8H2,1H3. The quantitative estimate of drug-likeness (QED) is 0.776. The first-order chi connectivity index (χ1) is 6.97. The van der Waals surface area contributed by atoms with E-state index in [1.165, 1.54) is 0 Å².